The summed E-state index contributed by atoms with van der Waals surface area (Å²) in [5, 5.41) is 12.5. The van der Waals surface area contributed by atoms with Gasteiger partial charge in [0.1, 0.15) is 0 Å². The Balaban J connectivity index is 1.36. The van der Waals surface area contributed by atoms with Crippen molar-refractivity contribution in [1.29, 1.82) is 0 Å². The minimum absolute atomic E-state index is 0.651. The van der Waals surface area contributed by atoms with Gasteiger partial charge in [0.05, 0.1) is 37.0 Å². The number of rotatable bonds is 5. The van der Waals surface area contributed by atoms with E-state index in [0.29, 0.717) is 19.0 Å². The number of pyridine rings is 1. The largest absolute Gasteiger partial charge is 0.378 e. The highest BCUT2D eigenvalue weighted by Gasteiger charge is 2.18. The lowest BCUT2D eigenvalue weighted by Crippen LogP contribution is -2.36. The van der Waals surface area contributed by atoms with E-state index in [4.69, 9.17) is 14.8 Å². The molecule has 0 spiro atoms. The highest BCUT2D eigenvalue weighted by molar-refractivity contribution is 7.17. The maximum Gasteiger partial charge on any atom is 0.177 e. The Kier molecular flexibility index (Phi) is 5.17. The Morgan fingerprint density at radius 2 is 1.94 bits per heavy atom. The highest BCUT2D eigenvalue weighted by Crippen LogP contribution is 2.28. The van der Waals surface area contributed by atoms with Crippen LogP contribution >= 0.6 is 11.3 Å². The van der Waals surface area contributed by atoms with Gasteiger partial charge in [-0.25, -0.2) is 9.50 Å². The van der Waals surface area contributed by atoms with E-state index in [1.165, 1.54) is 10.1 Å². The van der Waals surface area contributed by atoms with Crippen molar-refractivity contribution >= 4 is 44.8 Å². The monoisotopic (exact) mass is 455 g/mol. The summed E-state index contributed by atoms with van der Waals surface area (Å²) in [7, 11) is 0. The van der Waals surface area contributed by atoms with Crippen LogP contribution in [-0.4, -0.2) is 52.1 Å². The van der Waals surface area contributed by atoms with Crippen LogP contribution < -0.4 is 10.3 Å². The minimum atomic E-state index is 0.651. The molecule has 5 heterocycles. The predicted octanol–water partition coefficient (Wildman–Crippen LogP) is 4.29. The molecule has 0 atom stereocenters. The van der Waals surface area contributed by atoms with Gasteiger partial charge in [-0.1, -0.05) is 18.2 Å². The number of hydrogen-bond acceptors (Lipinski definition) is 8. The van der Waals surface area contributed by atoms with E-state index >= 15 is 0 Å². The van der Waals surface area contributed by atoms with E-state index in [0.717, 1.165) is 41.2 Å². The summed E-state index contributed by atoms with van der Waals surface area (Å²) in [6.45, 7) is 3.00. The van der Waals surface area contributed by atoms with Crippen molar-refractivity contribution < 1.29 is 4.74 Å². The molecule has 9 heteroatoms. The first kappa shape index (κ1) is 19.8. The second kappa shape index (κ2) is 8.61. The summed E-state index contributed by atoms with van der Waals surface area (Å²) < 4.78 is 8.61. The number of anilines is 2. The van der Waals surface area contributed by atoms with Crippen LogP contribution in [-0.2, 0) is 4.74 Å². The lowest BCUT2D eigenvalue weighted by molar-refractivity contribution is 0.123. The zero-order chi connectivity index (χ0) is 22.0. The zero-order valence-corrected chi connectivity index (χ0v) is 18.6. The van der Waals surface area contributed by atoms with E-state index in [1.54, 1.807) is 23.7 Å². The number of imidazole rings is 1. The Bertz CT molecular complexity index is 1440. The van der Waals surface area contributed by atoms with Crippen molar-refractivity contribution in [3.8, 4) is 11.3 Å². The maximum atomic E-state index is 5.55. The van der Waals surface area contributed by atoms with Crippen molar-refractivity contribution in [2.45, 2.75) is 0 Å². The molecule has 1 fully saturated rings. The summed E-state index contributed by atoms with van der Waals surface area (Å²) in [6, 6.07) is 14.2. The van der Waals surface area contributed by atoms with E-state index in [9.17, 15) is 0 Å². The topological polar surface area (TPSA) is 79.9 Å². The summed E-state index contributed by atoms with van der Waals surface area (Å²) >= 11 is 1.71. The summed E-state index contributed by atoms with van der Waals surface area (Å²) in [6.07, 6.45) is 7.32. The van der Waals surface area contributed by atoms with Gasteiger partial charge in [0.2, 0.25) is 0 Å². The Morgan fingerprint density at radius 3 is 2.82 bits per heavy atom. The predicted molar refractivity (Wildman–Crippen MR) is 132 cm³/mol. The number of morpholine rings is 1. The quantitative estimate of drug-likeness (QED) is 0.315. The fourth-order valence-corrected chi connectivity index (χ4v) is 4.89. The molecule has 0 unspecified atom stereocenters. The number of ether oxygens (including phenoxy) is 1. The maximum absolute atomic E-state index is 5.55. The molecule has 1 saturated heterocycles. The van der Waals surface area contributed by atoms with Gasteiger partial charge in [0, 0.05) is 58.1 Å². The van der Waals surface area contributed by atoms with Gasteiger partial charge >= 0.3 is 0 Å². The fraction of sp³-hybridized carbons (Fsp3) is 0.167. The smallest absolute Gasteiger partial charge is 0.177 e. The third-order valence-electron chi connectivity index (χ3n) is 5.63. The molecule has 4 aromatic heterocycles. The second-order valence-electron chi connectivity index (χ2n) is 7.70. The first-order chi connectivity index (χ1) is 16.3. The lowest BCUT2D eigenvalue weighted by Gasteiger charge is -2.29. The average Bonchev–Trinajstić information content (AvgIpc) is 3.49. The first-order valence-electron chi connectivity index (χ1n) is 10.7. The average molecular weight is 456 g/mol. The Labute approximate surface area is 194 Å². The number of thiophene rings is 1. The van der Waals surface area contributed by atoms with Crippen LogP contribution in [0.25, 0.3) is 27.0 Å². The van der Waals surface area contributed by atoms with Crippen molar-refractivity contribution in [3.63, 3.8) is 0 Å². The molecule has 8 nitrogen and oxygen atoms in total. The standard InChI is InChI=1S/C24H21N7OS/c1-2-4-22-19(3-1)18(16-33-22)14-26-28-23-13-21(30-9-11-32-12-10-30)24-27-20(15-31(24)29-23)17-5-7-25-8-6-17/h1-8,13-16H,9-12H2,(H,28,29)/b26-14+. The number of hydrogen-bond donors (Lipinski definition) is 1. The van der Waals surface area contributed by atoms with Crippen LogP contribution in [0.3, 0.4) is 0 Å². The molecule has 164 valence electrons. The number of hydrazone groups is 1. The summed E-state index contributed by atoms with van der Waals surface area (Å²) in [5.74, 6) is 0.651. The molecule has 1 aromatic carbocycles. The molecule has 1 N–H and O–H groups in total. The van der Waals surface area contributed by atoms with Gasteiger partial charge in [-0.2, -0.15) is 5.10 Å². The SMILES string of the molecule is C(=N\Nc1cc(N2CCOCC2)c2nc(-c3ccncc3)cn2n1)/c1csc2ccccc12. The molecular formula is C24H21N7OS. The van der Waals surface area contributed by atoms with E-state index in [2.05, 4.69) is 44.0 Å². The van der Waals surface area contributed by atoms with Crippen molar-refractivity contribution in [2.75, 3.05) is 36.6 Å². The van der Waals surface area contributed by atoms with Crippen molar-refractivity contribution in [2.24, 2.45) is 5.10 Å². The fourth-order valence-electron chi connectivity index (χ4n) is 3.98. The number of fused-ring (bicyclic) bond motifs is 2. The molecule has 0 aliphatic carbocycles. The zero-order valence-electron chi connectivity index (χ0n) is 17.8. The molecule has 0 saturated carbocycles. The van der Waals surface area contributed by atoms with Gasteiger partial charge in [-0.15, -0.1) is 16.4 Å². The van der Waals surface area contributed by atoms with E-state index < -0.39 is 0 Å². The molecule has 5 aromatic rings. The van der Waals surface area contributed by atoms with Crippen LogP contribution in [0.1, 0.15) is 5.56 Å². The van der Waals surface area contributed by atoms with Crippen LogP contribution in [0.4, 0.5) is 11.5 Å². The molecular weight excluding hydrogens is 434 g/mol. The first-order valence-corrected chi connectivity index (χ1v) is 11.6. The molecule has 33 heavy (non-hydrogen) atoms. The molecule has 0 bridgehead atoms. The highest BCUT2D eigenvalue weighted by atomic mass is 32.1. The van der Waals surface area contributed by atoms with Crippen LogP contribution in [0, 0.1) is 0 Å². The number of nitrogens with zero attached hydrogens (tertiary/aromatic N) is 6. The number of aromatic nitrogens is 4. The number of nitrogens with one attached hydrogen (secondary N) is 1. The van der Waals surface area contributed by atoms with Gasteiger partial charge in [0.15, 0.2) is 11.5 Å². The second-order valence-corrected chi connectivity index (χ2v) is 8.61. The van der Waals surface area contributed by atoms with Gasteiger partial charge in [0.25, 0.3) is 0 Å². The molecule has 6 rings (SSSR count). The summed E-state index contributed by atoms with van der Waals surface area (Å²) in [5.41, 5.74) is 7.86. The minimum Gasteiger partial charge on any atom is -0.378 e. The van der Waals surface area contributed by atoms with E-state index in [-0.39, 0.29) is 0 Å². The van der Waals surface area contributed by atoms with Crippen molar-refractivity contribution in [1.82, 2.24) is 19.6 Å². The van der Waals surface area contributed by atoms with Crippen LogP contribution in [0.2, 0.25) is 0 Å². The van der Waals surface area contributed by atoms with Gasteiger partial charge in [-0.3, -0.25) is 10.4 Å². The van der Waals surface area contributed by atoms with Crippen LogP contribution in [0.15, 0.2) is 71.5 Å². The molecule has 0 amide bonds. The Hall–Kier alpha value is -3.82. The molecule has 1 aliphatic heterocycles. The molecule has 1 aliphatic rings. The third kappa shape index (κ3) is 3.92. The molecule has 0 radical (unpaired) electrons. The lowest BCUT2D eigenvalue weighted by atomic mass is 10.2. The summed E-state index contributed by atoms with van der Waals surface area (Å²) in [4.78, 5) is 11.3. The van der Waals surface area contributed by atoms with Crippen molar-refractivity contribution in [3.05, 3.63) is 72.0 Å². The normalized spacial score (nSPS) is 14.5. The van der Waals surface area contributed by atoms with E-state index in [1.807, 2.05) is 41.2 Å². The van der Waals surface area contributed by atoms with Gasteiger partial charge in [-0.05, 0) is 18.2 Å². The van der Waals surface area contributed by atoms with Crippen LogP contribution in [0.5, 0.6) is 0 Å². The third-order valence-corrected chi connectivity index (χ3v) is 6.61. The van der Waals surface area contributed by atoms with Gasteiger partial charge < -0.3 is 9.64 Å². The Morgan fingerprint density at radius 1 is 1.09 bits per heavy atom. The number of benzene rings is 1.